The fraction of sp³-hybridized carbons (Fsp3) is 0.111. The Labute approximate surface area is 158 Å². The molecule has 0 aliphatic heterocycles. The van der Waals surface area contributed by atoms with Gasteiger partial charge < -0.3 is 10.1 Å². The van der Waals surface area contributed by atoms with Crippen LogP contribution in [0.15, 0.2) is 60.9 Å². The van der Waals surface area contributed by atoms with Gasteiger partial charge in [-0.1, -0.05) is 0 Å². The van der Waals surface area contributed by atoms with Gasteiger partial charge >= 0.3 is 0 Å². The molecular weight excluding hydrogens is 435 g/mol. The molecule has 2 heterocycles. The summed E-state index contributed by atoms with van der Waals surface area (Å²) in [6.07, 6.45) is 4.19. The molecule has 3 rings (SSSR count). The first-order chi connectivity index (χ1) is 11.7. The van der Waals surface area contributed by atoms with Crippen molar-refractivity contribution in [3.05, 3.63) is 74.2 Å². The smallest absolute Gasteiger partial charge is 0.251 e. The summed E-state index contributed by atoms with van der Waals surface area (Å²) in [4.78, 5) is 17.4. The number of pyridine rings is 1. The quantitative estimate of drug-likeness (QED) is 0.563. The molecule has 0 aliphatic carbocycles. The molecule has 0 aliphatic rings. The van der Waals surface area contributed by atoms with E-state index in [1.54, 1.807) is 48.0 Å². The zero-order chi connectivity index (χ0) is 16.8. The highest BCUT2D eigenvalue weighted by Crippen LogP contribution is 2.20. The van der Waals surface area contributed by atoms with Crippen molar-refractivity contribution in [3.8, 4) is 11.5 Å². The number of rotatable bonds is 6. The molecule has 4 nitrogen and oxygen atoms in total. The van der Waals surface area contributed by atoms with Crippen LogP contribution < -0.4 is 10.1 Å². The Morgan fingerprint density at radius 1 is 1.12 bits per heavy atom. The average molecular weight is 450 g/mol. The highest BCUT2D eigenvalue weighted by molar-refractivity contribution is 14.1. The summed E-state index contributed by atoms with van der Waals surface area (Å²) in [5.41, 5.74) is 0.620. The summed E-state index contributed by atoms with van der Waals surface area (Å²) in [6, 6.07) is 14.9. The van der Waals surface area contributed by atoms with Gasteiger partial charge in [0.1, 0.15) is 11.5 Å². The number of thiophene rings is 1. The summed E-state index contributed by atoms with van der Waals surface area (Å²) >= 11 is 4.05. The van der Waals surface area contributed by atoms with Gasteiger partial charge in [0.05, 0.1) is 9.08 Å². The Bertz CT molecular complexity index is 803. The van der Waals surface area contributed by atoms with Crippen molar-refractivity contribution in [1.29, 1.82) is 0 Å². The molecule has 6 heteroatoms. The molecule has 1 amide bonds. The van der Waals surface area contributed by atoms with Gasteiger partial charge in [-0.05, 0) is 77.5 Å². The predicted molar refractivity (Wildman–Crippen MR) is 104 cm³/mol. The van der Waals surface area contributed by atoms with Crippen LogP contribution in [-0.4, -0.2) is 17.4 Å². The number of hydrogen-bond donors (Lipinski definition) is 1. The lowest BCUT2D eigenvalue weighted by molar-refractivity contribution is 0.0954. The summed E-state index contributed by atoms with van der Waals surface area (Å²) in [6.45, 7) is 0.628. The molecule has 0 radical (unpaired) electrons. The molecule has 24 heavy (non-hydrogen) atoms. The van der Waals surface area contributed by atoms with E-state index in [0.29, 0.717) is 23.6 Å². The van der Waals surface area contributed by atoms with E-state index in [-0.39, 0.29) is 5.91 Å². The Hall–Kier alpha value is -1.93. The van der Waals surface area contributed by atoms with Crippen LogP contribution in [0.2, 0.25) is 0 Å². The normalized spacial score (nSPS) is 10.4. The van der Waals surface area contributed by atoms with Gasteiger partial charge in [0.15, 0.2) is 0 Å². The average Bonchev–Trinajstić information content (AvgIpc) is 3.02. The van der Waals surface area contributed by atoms with Gasteiger partial charge in [0.25, 0.3) is 5.91 Å². The minimum Gasteiger partial charge on any atom is -0.456 e. The third kappa shape index (κ3) is 4.78. The van der Waals surface area contributed by atoms with E-state index >= 15 is 0 Å². The van der Waals surface area contributed by atoms with Crippen LogP contribution in [0, 0.1) is 2.88 Å². The highest BCUT2D eigenvalue weighted by atomic mass is 127. The zero-order valence-corrected chi connectivity index (χ0v) is 15.7. The standard InChI is InChI=1S/C18H15IN2O2S/c19-17-8-7-16(24-17)9-11-21-18(22)13-3-5-14(6-4-13)23-15-2-1-10-20-12-15/h1-8,10,12H,9,11H2,(H,21,22). The Morgan fingerprint density at radius 3 is 2.62 bits per heavy atom. The van der Waals surface area contributed by atoms with E-state index in [9.17, 15) is 4.79 Å². The molecule has 1 aromatic carbocycles. The highest BCUT2D eigenvalue weighted by Gasteiger charge is 2.06. The van der Waals surface area contributed by atoms with Gasteiger partial charge in [0.2, 0.25) is 0 Å². The lowest BCUT2D eigenvalue weighted by Crippen LogP contribution is -2.25. The molecule has 1 N–H and O–H groups in total. The van der Waals surface area contributed by atoms with Gasteiger partial charge in [-0.15, -0.1) is 11.3 Å². The fourth-order valence-electron chi connectivity index (χ4n) is 2.11. The number of hydrogen-bond acceptors (Lipinski definition) is 4. The first-order valence-corrected chi connectivity index (χ1v) is 9.30. The van der Waals surface area contributed by atoms with Crippen molar-refractivity contribution in [2.75, 3.05) is 6.54 Å². The fourth-order valence-corrected chi connectivity index (χ4v) is 3.86. The Morgan fingerprint density at radius 2 is 1.96 bits per heavy atom. The number of benzene rings is 1. The zero-order valence-electron chi connectivity index (χ0n) is 12.7. The molecule has 2 aromatic heterocycles. The monoisotopic (exact) mass is 450 g/mol. The topological polar surface area (TPSA) is 51.2 Å². The first-order valence-electron chi connectivity index (χ1n) is 7.41. The maximum Gasteiger partial charge on any atom is 0.251 e. The molecule has 0 spiro atoms. The predicted octanol–water partition coefficient (Wildman–Crippen LogP) is 4.51. The minimum absolute atomic E-state index is 0.0748. The van der Waals surface area contributed by atoms with Crippen LogP contribution in [0.4, 0.5) is 0 Å². The molecule has 0 atom stereocenters. The number of halogens is 1. The van der Waals surface area contributed by atoms with Crippen LogP contribution in [0.1, 0.15) is 15.2 Å². The summed E-state index contributed by atoms with van der Waals surface area (Å²) in [5.74, 6) is 1.27. The second kappa shape index (κ2) is 8.25. The van der Waals surface area contributed by atoms with Gasteiger partial charge in [-0.25, -0.2) is 0 Å². The molecule has 122 valence electrons. The molecule has 0 fully saturated rings. The summed E-state index contributed by atoms with van der Waals surface area (Å²) in [7, 11) is 0. The van der Waals surface area contributed by atoms with E-state index in [0.717, 1.165) is 6.42 Å². The minimum atomic E-state index is -0.0748. The number of carbonyl (C=O) groups excluding carboxylic acids is 1. The number of nitrogens with one attached hydrogen (secondary N) is 1. The van der Waals surface area contributed by atoms with Crippen molar-refractivity contribution in [2.24, 2.45) is 0 Å². The van der Waals surface area contributed by atoms with Crippen molar-refractivity contribution in [2.45, 2.75) is 6.42 Å². The van der Waals surface area contributed by atoms with Gasteiger partial charge in [-0.3, -0.25) is 9.78 Å². The van der Waals surface area contributed by atoms with Crippen LogP contribution in [0.3, 0.4) is 0 Å². The molecule has 0 saturated carbocycles. The van der Waals surface area contributed by atoms with Crippen molar-refractivity contribution in [3.63, 3.8) is 0 Å². The maximum atomic E-state index is 12.1. The van der Waals surface area contributed by atoms with Crippen LogP contribution in [-0.2, 0) is 6.42 Å². The number of ether oxygens (including phenoxy) is 1. The molecule has 0 saturated heterocycles. The number of amides is 1. The van der Waals surface area contributed by atoms with Crippen molar-refractivity contribution < 1.29 is 9.53 Å². The number of nitrogens with zero attached hydrogens (tertiary/aromatic N) is 1. The molecule has 0 bridgehead atoms. The molecule has 3 aromatic rings. The number of carbonyl (C=O) groups is 1. The Kier molecular flexibility index (Phi) is 5.81. The summed E-state index contributed by atoms with van der Waals surface area (Å²) < 4.78 is 6.92. The maximum absolute atomic E-state index is 12.1. The first kappa shape index (κ1) is 16.9. The third-order valence-electron chi connectivity index (χ3n) is 3.27. The Balaban J connectivity index is 1.52. The lowest BCUT2D eigenvalue weighted by Gasteiger charge is -2.07. The van der Waals surface area contributed by atoms with E-state index < -0.39 is 0 Å². The van der Waals surface area contributed by atoms with E-state index in [1.165, 1.54) is 7.76 Å². The second-order valence-corrected chi connectivity index (χ2v) is 8.09. The van der Waals surface area contributed by atoms with Gasteiger partial charge in [0, 0.05) is 23.2 Å². The van der Waals surface area contributed by atoms with E-state index in [4.69, 9.17) is 4.74 Å². The molecular formula is C18H15IN2O2S. The largest absolute Gasteiger partial charge is 0.456 e. The van der Waals surface area contributed by atoms with Gasteiger partial charge in [-0.2, -0.15) is 0 Å². The van der Waals surface area contributed by atoms with E-state index in [2.05, 4.69) is 45.0 Å². The molecule has 0 unspecified atom stereocenters. The van der Waals surface area contributed by atoms with Crippen LogP contribution in [0.25, 0.3) is 0 Å². The van der Waals surface area contributed by atoms with Crippen LogP contribution >= 0.6 is 33.9 Å². The second-order valence-electron chi connectivity index (χ2n) is 5.03. The lowest BCUT2D eigenvalue weighted by atomic mass is 10.2. The SMILES string of the molecule is O=C(NCCc1ccc(I)s1)c1ccc(Oc2cccnc2)cc1. The summed E-state index contributed by atoms with van der Waals surface area (Å²) in [5, 5.41) is 2.94. The third-order valence-corrected chi connectivity index (χ3v) is 5.23. The number of aromatic nitrogens is 1. The van der Waals surface area contributed by atoms with Crippen molar-refractivity contribution in [1.82, 2.24) is 10.3 Å². The van der Waals surface area contributed by atoms with Crippen LogP contribution in [0.5, 0.6) is 11.5 Å². The van der Waals surface area contributed by atoms with E-state index in [1.807, 2.05) is 12.1 Å². The van der Waals surface area contributed by atoms with Crippen molar-refractivity contribution >= 4 is 39.8 Å².